The SMILES string of the molecule is COC(=O)[C@@H](CC#C[Si](C)(C)C(C)(C)C)NC(=O)c1ccc(F)cc1. The maximum atomic E-state index is 12.9. The Labute approximate surface area is 150 Å². The monoisotopic (exact) mass is 363 g/mol. The summed E-state index contributed by atoms with van der Waals surface area (Å²) < 4.78 is 17.7. The van der Waals surface area contributed by atoms with Gasteiger partial charge in [-0.2, -0.15) is 0 Å². The van der Waals surface area contributed by atoms with Crippen LogP contribution in [0.2, 0.25) is 18.1 Å². The van der Waals surface area contributed by atoms with Gasteiger partial charge in [0.2, 0.25) is 0 Å². The van der Waals surface area contributed by atoms with E-state index >= 15 is 0 Å². The molecule has 1 aromatic rings. The summed E-state index contributed by atoms with van der Waals surface area (Å²) in [7, 11) is -0.530. The Bertz CT molecular complexity index is 681. The number of benzene rings is 1. The maximum absolute atomic E-state index is 12.9. The summed E-state index contributed by atoms with van der Waals surface area (Å²) in [6.45, 7) is 10.8. The molecule has 1 aromatic carbocycles. The van der Waals surface area contributed by atoms with Gasteiger partial charge in [-0.1, -0.05) is 33.9 Å². The van der Waals surface area contributed by atoms with E-state index in [0.29, 0.717) is 0 Å². The number of carbonyl (C=O) groups is 2. The molecular weight excluding hydrogens is 337 g/mol. The van der Waals surface area contributed by atoms with Crippen molar-refractivity contribution in [2.75, 3.05) is 7.11 Å². The van der Waals surface area contributed by atoms with Crippen LogP contribution in [0.4, 0.5) is 4.39 Å². The number of hydrogen-bond acceptors (Lipinski definition) is 3. The number of halogens is 1. The van der Waals surface area contributed by atoms with E-state index in [1.165, 1.54) is 31.4 Å². The van der Waals surface area contributed by atoms with Crippen LogP contribution in [-0.4, -0.2) is 33.1 Å². The Balaban J connectivity index is 2.88. The molecule has 0 bridgehead atoms. The number of ether oxygens (including phenoxy) is 1. The molecule has 0 aliphatic rings. The van der Waals surface area contributed by atoms with Crippen LogP contribution >= 0.6 is 0 Å². The van der Waals surface area contributed by atoms with Crippen LogP contribution in [0.25, 0.3) is 0 Å². The lowest BCUT2D eigenvalue weighted by atomic mass is 10.1. The average molecular weight is 364 g/mol. The lowest BCUT2D eigenvalue weighted by Crippen LogP contribution is -2.41. The topological polar surface area (TPSA) is 55.4 Å². The van der Waals surface area contributed by atoms with Gasteiger partial charge in [0.05, 0.1) is 7.11 Å². The van der Waals surface area contributed by atoms with Crippen LogP contribution in [-0.2, 0) is 9.53 Å². The molecule has 0 aromatic heterocycles. The van der Waals surface area contributed by atoms with Gasteiger partial charge in [-0.25, -0.2) is 9.18 Å². The highest BCUT2D eigenvalue weighted by atomic mass is 28.3. The summed E-state index contributed by atoms with van der Waals surface area (Å²) in [4.78, 5) is 24.2. The standard InChI is InChI=1S/C19H26FNO3Si/c1-19(2,3)25(5,6)13-7-8-16(18(23)24-4)21-17(22)14-9-11-15(20)12-10-14/h9-12,16H,8H2,1-6H3,(H,21,22)/t16-/m1/s1. The van der Waals surface area contributed by atoms with E-state index < -0.39 is 31.8 Å². The highest BCUT2D eigenvalue weighted by Crippen LogP contribution is 2.35. The van der Waals surface area contributed by atoms with Crippen molar-refractivity contribution in [1.82, 2.24) is 5.32 Å². The minimum absolute atomic E-state index is 0.109. The zero-order chi connectivity index (χ0) is 19.3. The summed E-state index contributed by atoms with van der Waals surface area (Å²) in [5.41, 5.74) is 3.58. The van der Waals surface area contributed by atoms with Gasteiger partial charge < -0.3 is 10.1 Å². The van der Waals surface area contributed by atoms with Gasteiger partial charge >= 0.3 is 5.97 Å². The van der Waals surface area contributed by atoms with Crippen LogP contribution in [0.5, 0.6) is 0 Å². The molecule has 25 heavy (non-hydrogen) atoms. The molecule has 0 fully saturated rings. The molecule has 0 aliphatic heterocycles. The van der Waals surface area contributed by atoms with Gasteiger partial charge in [0.1, 0.15) is 19.9 Å². The summed E-state index contributed by atoms with van der Waals surface area (Å²) >= 11 is 0. The van der Waals surface area contributed by atoms with Crippen molar-refractivity contribution in [2.45, 2.75) is 51.4 Å². The summed E-state index contributed by atoms with van der Waals surface area (Å²) in [6, 6.07) is 4.25. The smallest absolute Gasteiger partial charge is 0.329 e. The van der Waals surface area contributed by atoms with Gasteiger partial charge in [-0.3, -0.25) is 4.79 Å². The minimum Gasteiger partial charge on any atom is -0.467 e. The van der Waals surface area contributed by atoms with Gasteiger partial charge in [-0.15, -0.1) is 11.5 Å². The third-order valence-electron chi connectivity index (χ3n) is 4.48. The second kappa shape index (κ2) is 8.30. The second-order valence-corrected chi connectivity index (χ2v) is 12.4. The first kappa shape index (κ1) is 20.9. The Hall–Kier alpha value is -2.13. The normalized spacial score (nSPS) is 12.6. The first-order chi connectivity index (χ1) is 11.5. The highest BCUT2D eigenvalue weighted by molar-refractivity contribution is 6.87. The average Bonchev–Trinajstić information content (AvgIpc) is 2.52. The number of amides is 1. The molecular formula is C19H26FNO3Si. The van der Waals surface area contributed by atoms with Crippen molar-refractivity contribution in [1.29, 1.82) is 0 Å². The van der Waals surface area contributed by atoms with Gasteiger partial charge in [0, 0.05) is 12.0 Å². The number of esters is 1. The molecule has 1 rings (SSSR count). The zero-order valence-corrected chi connectivity index (χ0v) is 16.7. The van der Waals surface area contributed by atoms with E-state index in [1.807, 2.05) is 0 Å². The molecule has 0 heterocycles. The van der Waals surface area contributed by atoms with Crippen molar-refractivity contribution in [3.63, 3.8) is 0 Å². The zero-order valence-electron chi connectivity index (χ0n) is 15.7. The maximum Gasteiger partial charge on any atom is 0.329 e. The number of nitrogens with one attached hydrogen (secondary N) is 1. The molecule has 1 amide bonds. The fraction of sp³-hybridized carbons (Fsp3) is 0.474. The second-order valence-electron chi connectivity index (χ2n) is 7.44. The first-order valence-electron chi connectivity index (χ1n) is 8.12. The predicted molar refractivity (Wildman–Crippen MR) is 99.3 cm³/mol. The predicted octanol–water partition coefficient (Wildman–Crippen LogP) is 3.54. The molecule has 0 aliphatic carbocycles. The van der Waals surface area contributed by atoms with Crippen LogP contribution < -0.4 is 5.32 Å². The molecule has 0 saturated carbocycles. The molecule has 0 unspecified atom stereocenters. The van der Waals surface area contributed by atoms with Crippen molar-refractivity contribution < 1.29 is 18.7 Å². The van der Waals surface area contributed by atoms with Crippen LogP contribution in [0.15, 0.2) is 24.3 Å². The number of rotatable bonds is 4. The van der Waals surface area contributed by atoms with E-state index in [0.717, 1.165) is 0 Å². The third-order valence-corrected chi connectivity index (χ3v) is 9.03. The van der Waals surface area contributed by atoms with Crippen molar-refractivity contribution >= 4 is 20.0 Å². The quantitative estimate of drug-likeness (QED) is 0.506. The van der Waals surface area contributed by atoms with Gasteiger partial charge in [0.15, 0.2) is 0 Å². The van der Waals surface area contributed by atoms with Gasteiger partial charge in [-0.05, 0) is 29.3 Å². The molecule has 0 spiro atoms. The van der Waals surface area contributed by atoms with Crippen LogP contribution in [0.1, 0.15) is 37.6 Å². The lowest BCUT2D eigenvalue weighted by molar-refractivity contribution is -0.142. The van der Waals surface area contributed by atoms with E-state index in [4.69, 9.17) is 4.74 Å². The van der Waals surface area contributed by atoms with E-state index in [9.17, 15) is 14.0 Å². The number of hydrogen-bond donors (Lipinski definition) is 1. The molecule has 6 heteroatoms. The molecule has 1 atom stereocenters. The molecule has 4 nitrogen and oxygen atoms in total. The number of methoxy groups -OCH3 is 1. The van der Waals surface area contributed by atoms with Crippen molar-refractivity contribution in [2.24, 2.45) is 0 Å². The highest BCUT2D eigenvalue weighted by Gasteiger charge is 2.33. The largest absolute Gasteiger partial charge is 0.467 e. The summed E-state index contributed by atoms with van der Waals surface area (Å²) in [5, 5.41) is 2.71. The Morgan fingerprint density at radius 1 is 1.24 bits per heavy atom. The van der Waals surface area contributed by atoms with Crippen LogP contribution in [0, 0.1) is 17.3 Å². The Morgan fingerprint density at radius 3 is 2.28 bits per heavy atom. The van der Waals surface area contributed by atoms with E-state index in [1.54, 1.807) is 0 Å². The van der Waals surface area contributed by atoms with E-state index in [2.05, 4.69) is 50.6 Å². The lowest BCUT2D eigenvalue weighted by Gasteiger charge is -2.31. The van der Waals surface area contributed by atoms with E-state index in [-0.39, 0.29) is 17.0 Å². The van der Waals surface area contributed by atoms with Crippen molar-refractivity contribution in [3.8, 4) is 11.5 Å². The first-order valence-corrected chi connectivity index (χ1v) is 11.1. The Morgan fingerprint density at radius 2 is 1.80 bits per heavy atom. The Kier molecular flexibility index (Phi) is 6.94. The third kappa shape index (κ3) is 6.02. The van der Waals surface area contributed by atoms with Crippen LogP contribution in [0.3, 0.4) is 0 Å². The summed E-state index contributed by atoms with van der Waals surface area (Å²) in [5.74, 6) is 1.60. The fourth-order valence-corrected chi connectivity index (χ4v) is 2.66. The molecule has 1 N–H and O–H groups in total. The minimum atomic E-state index is -1.79. The molecule has 136 valence electrons. The molecule has 0 radical (unpaired) electrons. The molecule has 0 saturated heterocycles. The summed E-state index contributed by atoms with van der Waals surface area (Å²) in [6.07, 6.45) is 0.173. The van der Waals surface area contributed by atoms with Gasteiger partial charge in [0.25, 0.3) is 5.91 Å². The fourth-order valence-electron chi connectivity index (χ4n) is 1.74. The number of carbonyl (C=O) groups excluding carboxylic acids is 2. The van der Waals surface area contributed by atoms with Crippen molar-refractivity contribution in [3.05, 3.63) is 35.6 Å².